The van der Waals surface area contributed by atoms with E-state index < -0.39 is 27.9 Å². The van der Waals surface area contributed by atoms with Crippen molar-refractivity contribution < 1.29 is 27.1 Å². The van der Waals surface area contributed by atoms with Crippen molar-refractivity contribution in [2.24, 2.45) is 0 Å². The summed E-state index contributed by atoms with van der Waals surface area (Å²) in [7, 11) is -3.90. The van der Waals surface area contributed by atoms with Crippen LogP contribution < -0.4 is 4.72 Å². The first-order valence-corrected chi connectivity index (χ1v) is 9.21. The van der Waals surface area contributed by atoms with Crippen LogP contribution in [0.15, 0.2) is 51.8 Å². The Labute approximate surface area is 149 Å². The molecule has 1 unspecified atom stereocenters. The van der Waals surface area contributed by atoms with Crippen molar-refractivity contribution in [2.45, 2.75) is 24.8 Å². The molecule has 0 aliphatic rings. The average molecular weight is 377 g/mol. The van der Waals surface area contributed by atoms with Crippen LogP contribution in [0.25, 0.3) is 11.0 Å². The van der Waals surface area contributed by atoms with Crippen molar-refractivity contribution in [3.63, 3.8) is 0 Å². The fourth-order valence-corrected chi connectivity index (χ4v) is 3.97. The maximum atomic E-state index is 13.3. The number of rotatable bonds is 5. The number of aryl methyl sites for hydroxylation is 1. The van der Waals surface area contributed by atoms with Gasteiger partial charge in [-0.1, -0.05) is 12.1 Å². The molecule has 6 nitrogen and oxygen atoms in total. The summed E-state index contributed by atoms with van der Waals surface area (Å²) in [5, 5.41) is 9.51. The number of carbonyl (C=O) groups is 1. The molecule has 2 aromatic carbocycles. The van der Waals surface area contributed by atoms with Crippen LogP contribution in [-0.2, 0) is 10.0 Å². The molecule has 8 heteroatoms. The molecule has 0 radical (unpaired) electrons. The van der Waals surface area contributed by atoms with Crippen LogP contribution in [0.2, 0.25) is 0 Å². The predicted molar refractivity (Wildman–Crippen MR) is 93.0 cm³/mol. The number of hydrogen-bond acceptors (Lipinski definition) is 4. The summed E-state index contributed by atoms with van der Waals surface area (Å²) < 4.78 is 46.3. The largest absolute Gasteiger partial charge is 0.475 e. The van der Waals surface area contributed by atoms with Crippen molar-refractivity contribution in [2.75, 3.05) is 0 Å². The number of carboxylic acid groups (broad SMARTS) is 1. The van der Waals surface area contributed by atoms with Crippen LogP contribution in [0.4, 0.5) is 4.39 Å². The molecular weight excluding hydrogens is 361 g/mol. The second kappa shape index (κ2) is 6.54. The third kappa shape index (κ3) is 3.33. The second-order valence-corrected chi connectivity index (χ2v) is 7.63. The lowest BCUT2D eigenvalue weighted by Crippen LogP contribution is -2.26. The summed E-state index contributed by atoms with van der Waals surface area (Å²) >= 11 is 0. The van der Waals surface area contributed by atoms with E-state index in [2.05, 4.69) is 4.72 Å². The zero-order chi connectivity index (χ0) is 19.1. The molecule has 3 aromatic rings. The van der Waals surface area contributed by atoms with Crippen LogP contribution >= 0.6 is 0 Å². The molecule has 0 saturated heterocycles. The molecule has 0 aliphatic heterocycles. The number of carboxylic acids is 1. The molecule has 0 bridgehead atoms. The number of sulfonamides is 1. The van der Waals surface area contributed by atoms with Gasteiger partial charge in [0.25, 0.3) is 0 Å². The van der Waals surface area contributed by atoms with Crippen molar-refractivity contribution in [3.8, 4) is 0 Å². The number of benzene rings is 2. The lowest BCUT2D eigenvalue weighted by Gasteiger charge is -2.15. The van der Waals surface area contributed by atoms with Gasteiger partial charge in [-0.25, -0.2) is 22.3 Å². The monoisotopic (exact) mass is 377 g/mol. The van der Waals surface area contributed by atoms with E-state index in [1.165, 1.54) is 36.4 Å². The van der Waals surface area contributed by atoms with Crippen LogP contribution in [0.3, 0.4) is 0 Å². The van der Waals surface area contributed by atoms with Gasteiger partial charge < -0.3 is 9.52 Å². The summed E-state index contributed by atoms with van der Waals surface area (Å²) in [6.45, 7) is 3.16. The fraction of sp³-hybridized carbons (Fsp3) is 0.167. The van der Waals surface area contributed by atoms with E-state index in [0.29, 0.717) is 16.5 Å². The molecule has 0 fully saturated rings. The number of aromatic carboxylic acids is 1. The first-order chi connectivity index (χ1) is 12.2. The highest BCUT2D eigenvalue weighted by molar-refractivity contribution is 7.89. The summed E-state index contributed by atoms with van der Waals surface area (Å²) in [5.41, 5.74) is 1.13. The van der Waals surface area contributed by atoms with Gasteiger partial charge in [-0.15, -0.1) is 0 Å². The van der Waals surface area contributed by atoms with Gasteiger partial charge in [-0.3, -0.25) is 0 Å². The van der Waals surface area contributed by atoms with E-state index in [4.69, 9.17) is 9.52 Å². The van der Waals surface area contributed by atoms with E-state index in [9.17, 15) is 17.6 Å². The molecule has 1 heterocycles. The number of halogens is 1. The SMILES string of the molecule is Cc1c(C(=O)O)oc2ccc(S(=O)(=O)NC(C)c3cccc(F)c3)cc12. The van der Waals surface area contributed by atoms with E-state index in [1.54, 1.807) is 19.9 Å². The minimum atomic E-state index is -3.90. The Morgan fingerprint density at radius 1 is 1.23 bits per heavy atom. The zero-order valence-corrected chi connectivity index (χ0v) is 14.8. The Balaban J connectivity index is 1.96. The molecule has 0 saturated carbocycles. The molecule has 2 N–H and O–H groups in total. The van der Waals surface area contributed by atoms with Crippen LogP contribution in [0, 0.1) is 12.7 Å². The van der Waals surface area contributed by atoms with Gasteiger partial charge in [0.2, 0.25) is 15.8 Å². The Morgan fingerprint density at radius 2 is 1.96 bits per heavy atom. The Morgan fingerprint density at radius 3 is 2.62 bits per heavy atom. The van der Waals surface area contributed by atoms with Gasteiger partial charge in [0.1, 0.15) is 11.4 Å². The Bertz CT molecular complexity index is 1100. The van der Waals surface area contributed by atoms with Gasteiger partial charge in [-0.2, -0.15) is 0 Å². The topological polar surface area (TPSA) is 96.6 Å². The van der Waals surface area contributed by atoms with E-state index in [-0.39, 0.29) is 16.2 Å². The fourth-order valence-electron chi connectivity index (χ4n) is 2.72. The normalized spacial score (nSPS) is 13.0. The minimum absolute atomic E-state index is 0.0332. The minimum Gasteiger partial charge on any atom is -0.475 e. The molecule has 1 atom stereocenters. The number of fused-ring (bicyclic) bond motifs is 1. The highest BCUT2D eigenvalue weighted by Gasteiger charge is 2.22. The van der Waals surface area contributed by atoms with Gasteiger partial charge in [0.15, 0.2) is 0 Å². The van der Waals surface area contributed by atoms with E-state index in [1.807, 2.05) is 0 Å². The predicted octanol–water partition coefficient (Wildman–Crippen LogP) is 3.62. The van der Waals surface area contributed by atoms with Crippen molar-refractivity contribution >= 4 is 27.0 Å². The summed E-state index contributed by atoms with van der Waals surface area (Å²) in [5.74, 6) is -1.90. The molecule has 0 spiro atoms. The van der Waals surface area contributed by atoms with E-state index >= 15 is 0 Å². The Hall–Kier alpha value is -2.71. The highest BCUT2D eigenvalue weighted by Crippen LogP contribution is 2.28. The van der Waals surface area contributed by atoms with Gasteiger partial charge in [0, 0.05) is 17.0 Å². The first kappa shape index (κ1) is 18.1. The van der Waals surface area contributed by atoms with Crippen molar-refractivity contribution in [1.82, 2.24) is 4.72 Å². The highest BCUT2D eigenvalue weighted by atomic mass is 32.2. The number of furan rings is 1. The van der Waals surface area contributed by atoms with Gasteiger partial charge in [0.05, 0.1) is 4.90 Å². The molecule has 26 heavy (non-hydrogen) atoms. The lowest BCUT2D eigenvalue weighted by atomic mass is 10.1. The maximum absolute atomic E-state index is 13.3. The Kier molecular flexibility index (Phi) is 4.55. The average Bonchev–Trinajstić information content (AvgIpc) is 2.91. The third-order valence-electron chi connectivity index (χ3n) is 4.09. The molecule has 1 aromatic heterocycles. The zero-order valence-electron chi connectivity index (χ0n) is 14.0. The molecule has 3 rings (SSSR count). The van der Waals surface area contributed by atoms with Crippen LogP contribution in [0.5, 0.6) is 0 Å². The molecule has 0 amide bonds. The van der Waals surface area contributed by atoms with Gasteiger partial charge in [-0.05, 0) is 49.7 Å². The standard InChI is InChI=1S/C18H16FNO5S/c1-10-15-9-14(6-7-16(15)25-17(10)18(21)22)26(23,24)20-11(2)12-4-3-5-13(19)8-12/h3-9,11,20H,1-2H3,(H,21,22). The van der Waals surface area contributed by atoms with E-state index in [0.717, 1.165) is 0 Å². The van der Waals surface area contributed by atoms with Gasteiger partial charge >= 0.3 is 5.97 Å². The first-order valence-electron chi connectivity index (χ1n) is 7.73. The van der Waals surface area contributed by atoms with Crippen molar-refractivity contribution in [1.29, 1.82) is 0 Å². The maximum Gasteiger partial charge on any atom is 0.372 e. The number of hydrogen-bond donors (Lipinski definition) is 2. The van der Waals surface area contributed by atoms with Crippen molar-refractivity contribution in [3.05, 3.63) is 65.2 Å². The summed E-state index contributed by atoms with van der Waals surface area (Å²) in [4.78, 5) is 11.1. The second-order valence-electron chi connectivity index (χ2n) is 5.92. The summed E-state index contributed by atoms with van der Waals surface area (Å²) in [6, 6.07) is 9.12. The van der Waals surface area contributed by atoms with Crippen LogP contribution in [0.1, 0.15) is 34.6 Å². The summed E-state index contributed by atoms with van der Waals surface area (Å²) in [6.07, 6.45) is 0. The lowest BCUT2D eigenvalue weighted by molar-refractivity contribution is 0.0664. The quantitative estimate of drug-likeness (QED) is 0.708. The van der Waals surface area contributed by atoms with Crippen LogP contribution in [-0.4, -0.2) is 19.5 Å². The number of nitrogens with one attached hydrogen (secondary N) is 1. The smallest absolute Gasteiger partial charge is 0.372 e. The molecule has 0 aliphatic carbocycles. The molecular formula is C18H16FNO5S. The third-order valence-corrected chi connectivity index (χ3v) is 5.63. The molecule has 136 valence electrons.